The summed E-state index contributed by atoms with van der Waals surface area (Å²) in [5, 5.41) is 6.81. The molecule has 1 aliphatic rings. The first-order valence-electron chi connectivity index (χ1n) is 10.8. The van der Waals surface area contributed by atoms with Gasteiger partial charge in [-0.05, 0) is 23.8 Å². The maximum absolute atomic E-state index is 14.8. The number of carbonyl (C=O) groups excluding carboxylic acids is 1. The smallest absolute Gasteiger partial charge is 0.286 e. The van der Waals surface area contributed by atoms with E-state index in [1.54, 1.807) is 6.07 Å². The van der Waals surface area contributed by atoms with E-state index in [4.69, 9.17) is 4.74 Å². The third kappa shape index (κ3) is 4.05. The SMILES string of the molecule is COc1nc(N[C@@H]2CN(C(C)=O)CC2(F)F)nn2ccc(-c3cc(F)c4ncn(CC(F)F)c4c3)c12. The summed E-state index contributed by atoms with van der Waals surface area (Å²) in [4.78, 5) is 20.7. The molecule has 1 saturated heterocycles. The number of benzene rings is 1. The number of nitrogens with one attached hydrogen (secondary N) is 1. The van der Waals surface area contributed by atoms with Crippen molar-refractivity contribution in [1.82, 2.24) is 29.0 Å². The second kappa shape index (κ2) is 8.60. The van der Waals surface area contributed by atoms with Crippen molar-refractivity contribution in [3.63, 3.8) is 0 Å². The number of imidazole rings is 1. The monoisotopic (exact) mass is 509 g/mol. The van der Waals surface area contributed by atoms with Crippen molar-refractivity contribution in [2.24, 2.45) is 0 Å². The molecular weight excluding hydrogens is 489 g/mol. The number of carbonyl (C=O) groups is 1. The van der Waals surface area contributed by atoms with E-state index in [-0.39, 0.29) is 29.4 Å². The van der Waals surface area contributed by atoms with Crippen molar-refractivity contribution in [3.05, 3.63) is 36.5 Å². The minimum absolute atomic E-state index is 0.0128. The number of halogens is 5. The number of likely N-dealkylation sites (tertiary alicyclic amines) is 1. The largest absolute Gasteiger partial charge is 0.479 e. The van der Waals surface area contributed by atoms with E-state index in [9.17, 15) is 26.7 Å². The fraction of sp³-hybridized carbons (Fsp3) is 0.364. The Hall–Kier alpha value is -3.97. The number of nitrogens with zero attached hydrogens (tertiary/aromatic N) is 6. The van der Waals surface area contributed by atoms with Crippen LogP contribution in [0.25, 0.3) is 27.7 Å². The summed E-state index contributed by atoms with van der Waals surface area (Å²) in [5.74, 6) is -4.52. The normalized spacial score (nSPS) is 17.4. The molecule has 1 fully saturated rings. The van der Waals surface area contributed by atoms with Crippen molar-refractivity contribution in [3.8, 4) is 17.0 Å². The first kappa shape index (κ1) is 23.8. The average Bonchev–Trinajstić information content (AvgIpc) is 3.49. The fourth-order valence-electron chi connectivity index (χ4n) is 4.33. The van der Waals surface area contributed by atoms with Crippen LogP contribution in [0.5, 0.6) is 5.88 Å². The molecule has 9 nitrogen and oxygen atoms in total. The number of ether oxygens (including phenoxy) is 1. The van der Waals surface area contributed by atoms with E-state index in [2.05, 4.69) is 20.4 Å². The van der Waals surface area contributed by atoms with Crippen LogP contribution >= 0.6 is 0 Å². The van der Waals surface area contributed by atoms with Crippen LogP contribution < -0.4 is 10.1 Å². The van der Waals surface area contributed by atoms with Gasteiger partial charge in [-0.3, -0.25) is 4.79 Å². The zero-order valence-electron chi connectivity index (χ0n) is 19.1. The molecule has 0 spiro atoms. The summed E-state index contributed by atoms with van der Waals surface area (Å²) in [6.45, 7) is -0.381. The van der Waals surface area contributed by atoms with Crippen molar-refractivity contribution in [2.75, 3.05) is 25.5 Å². The lowest BCUT2D eigenvalue weighted by atomic mass is 10.1. The molecule has 1 amide bonds. The molecule has 0 bridgehead atoms. The van der Waals surface area contributed by atoms with Crippen LogP contribution in [0.3, 0.4) is 0 Å². The second-order valence-corrected chi connectivity index (χ2v) is 8.44. The first-order valence-corrected chi connectivity index (χ1v) is 10.8. The number of methoxy groups -OCH3 is 1. The second-order valence-electron chi connectivity index (χ2n) is 8.44. The van der Waals surface area contributed by atoms with Gasteiger partial charge < -0.3 is 19.5 Å². The molecule has 14 heteroatoms. The summed E-state index contributed by atoms with van der Waals surface area (Å²) in [7, 11) is 1.33. The highest BCUT2D eigenvalue weighted by molar-refractivity contribution is 5.90. The van der Waals surface area contributed by atoms with Gasteiger partial charge >= 0.3 is 0 Å². The van der Waals surface area contributed by atoms with Crippen molar-refractivity contribution < 1.29 is 31.5 Å². The average molecular weight is 509 g/mol. The molecule has 190 valence electrons. The van der Waals surface area contributed by atoms with E-state index in [0.29, 0.717) is 16.6 Å². The fourth-order valence-corrected chi connectivity index (χ4v) is 4.33. The predicted octanol–water partition coefficient (Wildman–Crippen LogP) is 3.44. The minimum Gasteiger partial charge on any atom is -0.479 e. The number of anilines is 1. The van der Waals surface area contributed by atoms with Gasteiger partial charge in [-0.1, -0.05) is 0 Å². The molecule has 0 radical (unpaired) electrons. The zero-order chi connectivity index (χ0) is 25.8. The molecule has 36 heavy (non-hydrogen) atoms. The Bertz CT molecular complexity index is 1470. The van der Waals surface area contributed by atoms with Crippen LogP contribution in [0.15, 0.2) is 30.7 Å². The molecule has 4 aromatic rings. The topological polar surface area (TPSA) is 89.6 Å². The Labute approximate surface area is 200 Å². The van der Waals surface area contributed by atoms with E-state index < -0.39 is 43.2 Å². The molecular formula is C22H20F5N7O2. The minimum atomic E-state index is -3.20. The summed E-state index contributed by atoms with van der Waals surface area (Å²) in [6, 6.07) is 2.90. The molecule has 3 aromatic heterocycles. The standard InChI is InChI=1S/C22H20F5N7O2/c1-11(35)32-7-16(22(26,27)9-32)29-21-30-20(36-2)19-13(3-4-34(19)31-21)12-5-14(23)18-15(6-12)33(10-28-18)8-17(24)25/h3-6,10,16-17H,7-9H2,1-2H3,(H,29,31)/t16-/m1/s1. The van der Waals surface area contributed by atoms with Gasteiger partial charge in [0.15, 0.2) is 5.82 Å². The Kier molecular flexibility index (Phi) is 5.68. The van der Waals surface area contributed by atoms with Gasteiger partial charge in [0.1, 0.15) is 17.1 Å². The maximum atomic E-state index is 14.8. The number of amides is 1. The Morgan fingerprint density at radius 3 is 2.78 bits per heavy atom. The van der Waals surface area contributed by atoms with E-state index in [1.165, 1.54) is 36.9 Å². The van der Waals surface area contributed by atoms with Crippen LogP contribution in [-0.2, 0) is 11.3 Å². The van der Waals surface area contributed by atoms with Gasteiger partial charge in [-0.15, -0.1) is 5.10 Å². The number of rotatable bonds is 6. The van der Waals surface area contributed by atoms with Crippen LogP contribution in [-0.4, -0.2) is 73.5 Å². The number of aromatic nitrogens is 5. The van der Waals surface area contributed by atoms with Gasteiger partial charge in [-0.2, -0.15) is 4.98 Å². The van der Waals surface area contributed by atoms with Gasteiger partial charge in [0, 0.05) is 25.2 Å². The zero-order valence-corrected chi connectivity index (χ0v) is 19.1. The lowest BCUT2D eigenvalue weighted by Crippen LogP contribution is -2.38. The summed E-state index contributed by atoms with van der Waals surface area (Å²) in [5.41, 5.74) is 1.21. The van der Waals surface area contributed by atoms with Gasteiger partial charge in [-0.25, -0.2) is 31.5 Å². The molecule has 1 aromatic carbocycles. The quantitative estimate of drug-likeness (QED) is 0.401. The maximum Gasteiger partial charge on any atom is 0.286 e. The number of alkyl halides is 4. The predicted molar refractivity (Wildman–Crippen MR) is 119 cm³/mol. The Morgan fingerprint density at radius 2 is 2.11 bits per heavy atom. The summed E-state index contributed by atoms with van der Waals surface area (Å²) in [6.07, 6.45) is 0.00118. The van der Waals surface area contributed by atoms with Gasteiger partial charge in [0.05, 0.1) is 32.0 Å². The molecule has 1 aliphatic heterocycles. The van der Waals surface area contributed by atoms with Crippen LogP contribution in [0.2, 0.25) is 0 Å². The highest BCUT2D eigenvalue weighted by Crippen LogP contribution is 2.35. The first-order chi connectivity index (χ1) is 17.1. The molecule has 1 atom stereocenters. The number of hydrogen-bond donors (Lipinski definition) is 1. The molecule has 5 rings (SSSR count). The van der Waals surface area contributed by atoms with Crippen molar-refractivity contribution in [2.45, 2.75) is 31.9 Å². The van der Waals surface area contributed by atoms with E-state index in [0.717, 1.165) is 15.8 Å². The Morgan fingerprint density at radius 1 is 1.33 bits per heavy atom. The highest BCUT2D eigenvalue weighted by Gasteiger charge is 2.49. The number of hydrogen-bond acceptors (Lipinski definition) is 6. The molecule has 0 aliphatic carbocycles. The third-order valence-electron chi connectivity index (χ3n) is 6.06. The van der Waals surface area contributed by atoms with Gasteiger partial charge in [0.2, 0.25) is 17.7 Å². The third-order valence-corrected chi connectivity index (χ3v) is 6.06. The van der Waals surface area contributed by atoms with E-state index in [1.807, 2.05) is 0 Å². The lowest BCUT2D eigenvalue weighted by Gasteiger charge is -2.19. The summed E-state index contributed by atoms with van der Waals surface area (Å²) >= 11 is 0. The Balaban J connectivity index is 1.54. The number of fused-ring (bicyclic) bond motifs is 2. The highest BCUT2D eigenvalue weighted by atomic mass is 19.3. The van der Waals surface area contributed by atoms with Crippen LogP contribution in [0.4, 0.5) is 27.9 Å². The van der Waals surface area contributed by atoms with Crippen molar-refractivity contribution in [1.29, 1.82) is 0 Å². The molecule has 0 unspecified atom stereocenters. The van der Waals surface area contributed by atoms with Crippen LogP contribution in [0.1, 0.15) is 6.92 Å². The van der Waals surface area contributed by atoms with Crippen LogP contribution in [0, 0.1) is 5.82 Å². The molecule has 1 N–H and O–H groups in total. The van der Waals surface area contributed by atoms with E-state index >= 15 is 0 Å². The summed E-state index contributed by atoms with van der Waals surface area (Å²) < 4.78 is 77.4. The molecule has 4 heterocycles. The van der Waals surface area contributed by atoms with Gasteiger partial charge in [0.25, 0.3) is 12.3 Å². The van der Waals surface area contributed by atoms with Crippen molar-refractivity contribution >= 4 is 28.4 Å². The lowest BCUT2D eigenvalue weighted by molar-refractivity contribution is -0.129. The molecule has 0 saturated carbocycles.